The van der Waals surface area contributed by atoms with Gasteiger partial charge in [0, 0.05) is 11.3 Å². The molecule has 1 aromatic carbocycles. The van der Waals surface area contributed by atoms with E-state index in [1.807, 2.05) is 30.5 Å². The molecule has 1 heterocycles. The van der Waals surface area contributed by atoms with Crippen molar-refractivity contribution in [3.05, 3.63) is 29.8 Å². The number of aromatic nitrogens is 2. The van der Waals surface area contributed by atoms with Gasteiger partial charge in [-0.1, -0.05) is 46.7 Å². The fraction of sp³-hybridized carbons (Fsp3) is 0.286. The van der Waals surface area contributed by atoms with E-state index in [1.165, 1.54) is 0 Å². The summed E-state index contributed by atoms with van der Waals surface area (Å²) in [5.74, 6) is 7.49. The maximum absolute atomic E-state index is 5.68. The van der Waals surface area contributed by atoms with Gasteiger partial charge in [0.1, 0.15) is 5.75 Å². The number of hydrogen-bond acceptors (Lipinski definition) is 7. The highest BCUT2D eigenvalue weighted by molar-refractivity contribution is 8.02. The monoisotopic (exact) mass is 337 g/mol. The van der Waals surface area contributed by atoms with Crippen LogP contribution in [0.15, 0.2) is 32.9 Å². The minimum Gasteiger partial charge on any atom is -0.493 e. The van der Waals surface area contributed by atoms with E-state index in [1.54, 1.807) is 34.9 Å². The average molecular weight is 337 g/mol. The molecule has 2 rings (SSSR count). The first-order chi connectivity index (χ1) is 10.3. The molecule has 0 unspecified atom stereocenters. The first kappa shape index (κ1) is 16.2. The van der Waals surface area contributed by atoms with Gasteiger partial charge in [0.05, 0.1) is 13.2 Å². The summed E-state index contributed by atoms with van der Waals surface area (Å²) in [7, 11) is 0. The SMILES string of the molecule is CSc1nnc(SCCOc2ccc(C#CCN)cc2)s1. The molecule has 0 aliphatic rings. The largest absolute Gasteiger partial charge is 0.493 e. The molecule has 110 valence electrons. The number of benzene rings is 1. The van der Waals surface area contributed by atoms with E-state index >= 15 is 0 Å². The quantitative estimate of drug-likeness (QED) is 0.497. The van der Waals surface area contributed by atoms with Crippen LogP contribution < -0.4 is 10.5 Å². The number of thioether (sulfide) groups is 2. The summed E-state index contributed by atoms with van der Waals surface area (Å²) in [6, 6.07) is 7.70. The molecule has 0 saturated heterocycles. The lowest BCUT2D eigenvalue weighted by Gasteiger charge is -2.04. The van der Waals surface area contributed by atoms with Crippen LogP contribution in [0.1, 0.15) is 5.56 Å². The Morgan fingerprint density at radius 1 is 1.24 bits per heavy atom. The van der Waals surface area contributed by atoms with Crippen molar-refractivity contribution in [2.45, 2.75) is 8.68 Å². The summed E-state index contributed by atoms with van der Waals surface area (Å²) in [6.07, 6.45) is 2.00. The zero-order valence-corrected chi connectivity index (χ0v) is 14.0. The van der Waals surface area contributed by atoms with E-state index < -0.39 is 0 Å². The van der Waals surface area contributed by atoms with Gasteiger partial charge in [-0.15, -0.1) is 10.2 Å². The molecule has 0 fully saturated rings. The molecular weight excluding hydrogens is 322 g/mol. The van der Waals surface area contributed by atoms with Crippen LogP contribution in [0, 0.1) is 11.8 Å². The first-order valence-electron chi connectivity index (χ1n) is 6.24. The van der Waals surface area contributed by atoms with Crippen LogP contribution in [0.25, 0.3) is 0 Å². The van der Waals surface area contributed by atoms with Crippen LogP contribution >= 0.6 is 34.9 Å². The standard InChI is InChI=1S/C14H15N3OS3/c1-19-13-16-17-14(21-13)20-10-9-18-12-6-4-11(5-7-12)3-2-8-15/h4-7H,8-10,15H2,1H3. The molecule has 2 aromatic rings. The van der Waals surface area contributed by atoms with Crippen LogP contribution in [-0.4, -0.2) is 35.4 Å². The third-order valence-corrected chi connectivity index (χ3v) is 5.33. The maximum atomic E-state index is 5.68. The minimum absolute atomic E-state index is 0.374. The molecule has 0 radical (unpaired) electrons. The molecule has 0 spiro atoms. The van der Waals surface area contributed by atoms with E-state index in [0.717, 1.165) is 25.7 Å². The molecular formula is C14H15N3OS3. The predicted octanol–water partition coefficient (Wildman–Crippen LogP) is 2.74. The van der Waals surface area contributed by atoms with Crippen LogP contribution in [0.5, 0.6) is 5.75 Å². The van der Waals surface area contributed by atoms with Gasteiger partial charge >= 0.3 is 0 Å². The molecule has 1 aromatic heterocycles. The Labute approximate surface area is 136 Å². The summed E-state index contributed by atoms with van der Waals surface area (Å²) >= 11 is 4.89. The third-order valence-electron chi connectivity index (χ3n) is 2.33. The van der Waals surface area contributed by atoms with E-state index in [0.29, 0.717) is 13.2 Å². The van der Waals surface area contributed by atoms with E-state index in [2.05, 4.69) is 22.0 Å². The number of nitrogens with two attached hydrogens (primary N) is 1. The van der Waals surface area contributed by atoms with Crippen molar-refractivity contribution >= 4 is 34.9 Å². The number of ether oxygens (including phenoxy) is 1. The lowest BCUT2D eigenvalue weighted by molar-refractivity contribution is 0.344. The minimum atomic E-state index is 0.374. The molecule has 4 nitrogen and oxygen atoms in total. The van der Waals surface area contributed by atoms with E-state index in [-0.39, 0.29) is 0 Å². The molecule has 2 N–H and O–H groups in total. The Bertz CT molecular complexity index is 616. The lowest BCUT2D eigenvalue weighted by Crippen LogP contribution is -1.99. The van der Waals surface area contributed by atoms with Crippen LogP contribution in [-0.2, 0) is 0 Å². The van der Waals surface area contributed by atoms with E-state index in [4.69, 9.17) is 10.5 Å². The van der Waals surface area contributed by atoms with Crippen molar-refractivity contribution < 1.29 is 4.74 Å². The molecule has 0 aliphatic carbocycles. The number of rotatable bonds is 6. The summed E-state index contributed by atoms with van der Waals surface area (Å²) in [6.45, 7) is 1.01. The third kappa shape index (κ3) is 5.59. The number of nitrogens with zero attached hydrogens (tertiary/aromatic N) is 2. The highest BCUT2D eigenvalue weighted by atomic mass is 32.2. The van der Waals surface area contributed by atoms with Gasteiger partial charge in [-0.25, -0.2) is 0 Å². The van der Waals surface area contributed by atoms with Gasteiger partial charge in [-0.05, 0) is 30.5 Å². The highest BCUT2D eigenvalue weighted by Crippen LogP contribution is 2.27. The van der Waals surface area contributed by atoms with Crippen molar-refractivity contribution in [1.29, 1.82) is 0 Å². The maximum Gasteiger partial charge on any atom is 0.175 e. The zero-order chi connectivity index (χ0) is 14.9. The highest BCUT2D eigenvalue weighted by Gasteiger charge is 2.03. The molecule has 0 bridgehead atoms. The van der Waals surface area contributed by atoms with Crippen molar-refractivity contribution in [1.82, 2.24) is 10.2 Å². The van der Waals surface area contributed by atoms with Crippen LogP contribution in [0.4, 0.5) is 0 Å². The Morgan fingerprint density at radius 2 is 2.00 bits per heavy atom. The molecule has 0 atom stereocenters. The van der Waals surface area contributed by atoms with Crippen molar-refractivity contribution in [3.63, 3.8) is 0 Å². The summed E-state index contributed by atoms with van der Waals surface area (Å²) in [4.78, 5) is 0. The fourth-order valence-electron chi connectivity index (χ4n) is 1.41. The van der Waals surface area contributed by atoms with Gasteiger partial charge in [0.2, 0.25) is 0 Å². The Morgan fingerprint density at radius 3 is 2.67 bits per heavy atom. The Kier molecular flexibility index (Phi) is 6.89. The van der Waals surface area contributed by atoms with Gasteiger partial charge in [0.15, 0.2) is 8.68 Å². The van der Waals surface area contributed by atoms with Crippen LogP contribution in [0.2, 0.25) is 0 Å². The Balaban J connectivity index is 1.73. The van der Waals surface area contributed by atoms with Crippen molar-refractivity contribution in [2.75, 3.05) is 25.2 Å². The molecule has 7 heteroatoms. The van der Waals surface area contributed by atoms with Gasteiger partial charge in [-0.2, -0.15) is 0 Å². The first-order valence-corrected chi connectivity index (χ1v) is 9.26. The second kappa shape index (κ2) is 8.95. The molecule has 0 amide bonds. The summed E-state index contributed by atoms with van der Waals surface area (Å²) in [5.41, 5.74) is 6.28. The van der Waals surface area contributed by atoms with Crippen molar-refractivity contribution in [2.24, 2.45) is 5.73 Å². The van der Waals surface area contributed by atoms with Crippen LogP contribution in [0.3, 0.4) is 0 Å². The normalized spacial score (nSPS) is 10.0. The second-order valence-corrected chi connectivity index (χ2v) is 7.14. The zero-order valence-electron chi connectivity index (χ0n) is 11.5. The van der Waals surface area contributed by atoms with Crippen molar-refractivity contribution in [3.8, 4) is 17.6 Å². The summed E-state index contributed by atoms with van der Waals surface area (Å²) in [5, 5.41) is 8.16. The number of hydrogen-bond donors (Lipinski definition) is 1. The van der Waals surface area contributed by atoms with Gasteiger partial charge in [-0.3, -0.25) is 0 Å². The van der Waals surface area contributed by atoms with E-state index in [9.17, 15) is 0 Å². The summed E-state index contributed by atoms with van der Waals surface area (Å²) < 4.78 is 7.65. The molecule has 0 aliphatic heterocycles. The smallest absolute Gasteiger partial charge is 0.175 e. The van der Waals surface area contributed by atoms with Gasteiger partial charge in [0.25, 0.3) is 0 Å². The topological polar surface area (TPSA) is 61.0 Å². The lowest BCUT2D eigenvalue weighted by atomic mass is 10.2. The van der Waals surface area contributed by atoms with Gasteiger partial charge < -0.3 is 10.5 Å². The molecule has 0 saturated carbocycles. The Hall–Kier alpha value is -1.20. The average Bonchev–Trinajstić information content (AvgIpc) is 2.99. The second-order valence-electron chi connectivity index (χ2n) is 3.77. The predicted molar refractivity (Wildman–Crippen MR) is 90.3 cm³/mol. The fourth-order valence-corrected chi connectivity index (χ4v) is 3.74. The molecule has 21 heavy (non-hydrogen) atoms.